The van der Waals surface area contributed by atoms with Gasteiger partial charge in [-0.1, -0.05) is 17.3 Å². The number of carbonyl (C=O) groups excluding carboxylic acids is 1. The molecule has 8 heteroatoms. The van der Waals surface area contributed by atoms with Crippen LogP contribution in [0.5, 0.6) is 0 Å². The highest BCUT2D eigenvalue weighted by molar-refractivity contribution is 5.92. The third kappa shape index (κ3) is 4.01. The molecule has 0 saturated carbocycles. The molecule has 8 nitrogen and oxygen atoms in total. The molecule has 1 atom stereocenters. The molecule has 0 bridgehead atoms. The number of para-hydroxylation sites is 2. The molecule has 3 aromatic rings. The summed E-state index contributed by atoms with van der Waals surface area (Å²) < 4.78 is 11.9. The van der Waals surface area contributed by atoms with Crippen molar-refractivity contribution in [3.63, 3.8) is 0 Å². The van der Waals surface area contributed by atoms with Gasteiger partial charge in [-0.2, -0.15) is 0 Å². The first-order chi connectivity index (χ1) is 13.6. The molecule has 1 fully saturated rings. The third-order valence-corrected chi connectivity index (χ3v) is 5.23. The number of rotatable bonds is 6. The molecule has 0 spiro atoms. The Morgan fingerprint density at radius 2 is 2.18 bits per heavy atom. The van der Waals surface area contributed by atoms with Gasteiger partial charge in [0.05, 0.1) is 5.52 Å². The van der Waals surface area contributed by atoms with Crippen LogP contribution >= 0.6 is 0 Å². The lowest BCUT2D eigenvalue weighted by molar-refractivity contribution is 0.0922. The van der Waals surface area contributed by atoms with E-state index >= 15 is 0 Å². The molecular weight excluding hydrogens is 360 g/mol. The molecule has 1 amide bonds. The van der Waals surface area contributed by atoms with Crippen molar-refractivity contribution < 1.29 is 13.7 Å². The number of aromatic nitrogens is 2. The summed E-state index contributed by atoms with van der Waals surface area (Å²) >= 11 is 0. The summed E-state index contributed by atoms with van der Waals surface area (Å²) in [5.74, 6) is 0.481. The molecular formula is C20H24N4O4. The van der Waals surface area contributed by atoms with Crippen LogP contribution in [-0.2, 0) is 6.54 Å². The average molecular weight is 384 g/mol. The van der Waals surface area contributed by atoms with Crippen molar-refractivity contribution in [3.05, 3.63) is 52.3 Å². The number of nitrogens with one attached hydrogen (secondary N) is 1. The molecule has 1 N–H and O–H groups in total. The maximum absolute atomic E-state index is 12.1. The molecule has 3 heterocycles. The van der Waals surface area contributed by atoms with Crippen molar-refractivity contribution in [2.75, 3.05) is 26.2 Å². The van der Waals surface area contributed by atoms with Crippen LogP contribution in [0.1, 0.15) is 29.1 Å². The minimum absolute atomic E-state index is 0.203. The average Bonchev–Trinajstić information content (AvgIpc) is 3.27. The smallest absolute Gasteiger partial charge is 0.408 e. The number of hydrogen-bond acceptors (Lipinski definition) is 6. The first-order valence-corrected chi connectivity index (χ1v) is 9.62. The SMILES string of the molecule is Cc1cc(C(=O)NC[C@H]2CCCN(CCn3c(=O)oc4ccccc43)C2)no1. The monoisotopic (exact) mass is 384 g/mol. The Labute approximate surface area is 162 Å². The number of likely N-dealkylation sites (tertiary alicyclic amines) is 1. The third-order valence-electron chi connectivity index (χ3n) is 5.23. The topological polar surface area (TPSA) is 93.5 Å². The summed E-state index contributed by atoms with van der Waals surface area (Å²) in [6, 6.07) is 9.11. The van der Waals surface area contributed by atoms with Crippen LogP contribution in [-0.4, -0.2) is 46.7 Å². The van der Waals surface area contributed by atoms with Crippen molar-refractivity contribution in [2.45, 2.75) is 26.3 Å². The zero-order chi connectivity index (χ0) is 19.5. The molecule has 28 heavy (non-hydrogen) atoms. The molecule has 4 rings (SSSR count). The summed E-state index contributed by atoms with van der Waals surface area (Å²) in [4.78, 5) is 26.6. The minimum atomic E-state index is -0.315. The summed E-state index contributed by atoms with van der Waals surface area (Å²) in [6.45, 7) is 5.62. The van der Waals surface area contributed by atoms with E-state index in [2.05, 4.69) is 15.4 Å². The van der Waals surface area contributed by atoms with Gasteiger partial charge in [0.15, 0.2) is 11.3 Å². The number of nitrogens with zero attached hydrogens (tertiary/aromatic N) is 3. The van der Waals surface area contributed by atoms with Crippen LogP contribution in [0.15, 0.2) is 44.1 Å². The van der Waals surface area contributed by atoms with E-state index in [0.29, 0.717) is 36.0 Å². The largest absolute Gasteiger partial charge is 0.419 e. The van der Waals surface area contributed by atoms with Crippen LogP contribution in [0.4, 0.5) is 0 Å². The van der Waals surface area contributed by atoms with E-state index in [1.807, 2.05) is 24.3 Å². The van der Waals surface area contributed by atoms with Gasteiger partial charge >= 0.3 is 5.76 Å². The van der Waals surface area contributed by atoms with Crippen LogP contribution in [0.25, 0.3) is 11.1 Å². The van der Waals surface area contributed by atoms with E-state index in [-0.39, 0.29) is 11.7 Å². The van der Waals surface area contributed by atoms with Gasteiger partial charge in [0.1, 0.15) is 5.76 Å². The molecule has 0 radical (unpaired) electrons. The van der Waals surface area contributed by atoms with Crippen LogP contribution in [0.2, 0.25) is 0 Å². The number of oxazole rings is 1. The quantitative estimate of drug-likeness (QED) is 0.699. The maximum atomic E-state index is 12.1. The predicted molar refractivity (Wildman–Crippen MR) is 103 cm³/mol. The van der Waals surface area contributed by atoms with E-state index in [1.165, 1.54) is 0 Å². The predicted octanol–water partition coefficient (Wildman–Crippen LogP) is 2.03. The lowest BCUT2D eigenvalue weighted by Gasteiger charge is -2.32. The number of fused-ring (bicyclic) bond motifs is 1. The van der Waals surface area contributed by atoms with Gasteiger partial charge in [-0.05, 0) is 44.4 Å². The number of piperidine rings is 1. The lowest BCUT2D eigenvalue weighted by atomic mass is 9.98. The van der Waals surface area contributed by atoms with Gasteiger partial charge in [-0.25, -0.2) is 4.79 Å². The van der Waals surface area contributed by atoms with Gasteiger partial charge in [-0.3, -0.25) is 9.36 Å². The van der Waals surface area contributed by atoms with E-state index in [9.17, 15) is 9.59 Å². The first-order valence-electron chi connectivity index (χ1n) is 9.62. The Kier molecular flexibility index (Phi) is 5.29. The first kappa shape index (κ1) is 18.5. The highest BCUT2D eigenvalue weighted by Crippen LogP contribution is 2.17. The summed E-state index contributed by atoms with van der Waals surface area (Å²) in [5.41, 5.74) is 1.77. The Balaban J connectivity index is 1.31. The highest BCUT2D eigenvalue weighted by Gasteiger charge is 2.21. The normalized spacial score (nSPS) is 17.8. The Morgan fingerprint density at radius 1 is 1.32 bits per heavy atom. The molecule has 1 aromatic carbocycles. The Morgan fingerprint density at radius 3 is 3.00 bits per heavy atom. The van der Waals surface area contributed by atoms with Crippen LogP contribution in [0.3, 0.4) is 0 Å². The standard InChI is InChI=1S/C20H24N4O4/c1-14-11-16(22-28-14)19(25)21-12-15-5-4-8-23(13-15)9-10-24-17-6-2-3-7-18(17)27-20(24)26/h2-3,6-7,11,15H,4-5,8-10,12-13H2,1H3,(H,21,25)/t15-/m1/s1. The number of benzene rings is 1. The number of hydrogen-bond donors (Lipinski definition) is 1. The summed E-state index contributed by atoms with van der Waals surface area (Å²) in [6.07, 6.45) is 2.15. The van der Waals surface area contributed by atoms with E-state index in [4.69, 9.17) is 8.94 Å². The van der Waals surface area contributed by atoms with Crippen molar-refractivity contribution in [3.8, 4) is 0 Å². The molecule has 148 valence electrons. The zero-order valence-corrected chi connectivity index (χ0v) is 15.9. The molecule has 2 aromatic heterocycles. The summed E-state index contributed by atoms with van der Waals surface area (Å²) in [5, 5.41) is 6.69. The van der Waals surface area contributed by atoms with Crippen LogP contribution in [0, 0.1) is 12.8 Å². The molecule has 1 aliphatic heterocycles. The van der Waals surface area contributed by atoms with Gasteiger partial charge in [-0.15, -0.1) is 0 Å². The second kappa shape index (κ2) is 8.02. The van der Waals surface area contributed by atoms with Crippen molar-refractivity contribution in [1.82, 2.24) is 19.9 Å². The summed E-state index contributed by atoms with van der Waals surface area (Å²) in [7, 11) is 0. The molecule has 0 unspecified atom stereocenters. The van der Waals surface area contributed by atoms with Gasteiger partial charge < -0.3 is 19.2 Å². The Bertz CT molecular complexity index is 1020. The van der Waals surface area contributed by atoms with Crippen molar-refractivity contribution in [2.24, 2.45) is 5.92 Å². The number of carbonyl (C=O) groups is 1. The fourth-order valence-electron chi connectivity index (χ4n) is 3.79. The number of amides is 1. The van der Waals surface area contributed by atoms with E-state index in [0.717, 1.165) is 38.0 Å². The van der Waals surface area contributed by atoms with Crippen molar-refractivity contribution in [1.29, 1.82) is 0 Å². The van der Waals surface area contributed by atoms with Gasteiger partial charge in [0.2, 0.25) is 0 Å². The zero-order valence-electron chi connectivity index (χ0n) is 15.9. The highest BCUT2D eigenvalue weighted by atomic mass is 16.5. The van der Waals surface area contributed by atoms with Gasteiger partial charge in [0, 0.05) is 32.2 Å². The van der Waals surface area contributed by atoms with E-state index in [1.54, 1.807) is 17.6 Å². The fraction of sp³-hybridized carbons (Fsp3) is 0.450. The van der Waals surface area contributed by atoms with Crippen molar-refractivity contribution >= 4 is 17.0 Å². The Hall–Kier alpha value is -2.87. The lowest BCUT2D eigenvalue weighted by Crippen LogP contribution is -2.42. The second-order valence-electron chi connectivity index (χ2n) is 7.33. The number of aryl methyl sites for hydroxylation is 1. The van der Waals surface area contributed by atoms with Gasteiger partial charge in [0.25, 0.3) is 5.91 Å². The van der Waals surface area contributed by atoms with E-state index < -0.39 is 0 Å². The molecule has 0 aliphatic carbocycles. The van der Waals surface area contributed by atoms with Crippen LogP contribution < -0.4 is 11.1 Å². The fourth-order valence-corrected chi connectivity index (χ4v) is 3.79. The molecule has 1 saturated heterocycles. The minimum Gasteiger partial charge on any atom is -0.408 e. The molecule has 1 aliphatic rings. The maximum Gasteiger partial charge on any atom is 0.419 e. The second-order valence-corrected chi connectivity index (χ2v) is 7.33.